The number of aliphatic carboxylic acids is 1. The summed E-state index contributed by atoms with van der Waals surface area (Å²) in [5.74, 6) is -0.853. The average Bonchev–Trinajstić information content (AvgIpc) is 2.13. The minimum Gasteiger partial charge on any atom is -0.481 e. The molecule has 0 fully saturated rings. The molecule has 0 saturated carbocycles. The molecular weight excluding hydrogens is 220 g/mol. The summed E-state index contributed by atoms with van der Waals surface area (Å²) in [5.41, 5.74) is -0.236. The summed E-state index contributed by atoms with van der Waals surface area (Å²) in [7, 11) is 3.41. The second kappa shape index (κ2) is 6.00. The molecule has 100 valence electrons. The van der Waals surface area contributed by atoms with Gasteiger partial charge in [-0.25, -0.2) is 0 Å². The molecule has 1 unspecified atom stereocenters. The number of nitrogens with zero attached hydrogens (tertiary/aromatic N) is 2. The van der Waals surface area contributed by atoms with Crippen LogP contribution in [-0.4, -0.2) is 59.0 Å². The normalized spacial score (nSPS) is 13.6. The van der Waals surface area contributed by atoms with Crippen molar-refractivity contribution in [3.8, 4) is 0 Å². The molecule has 1 amide bonds. The van der Waals surface area contributed by atoms with Crippen molar-refractivity contribution in [1.82, 2.24) is 9.80 Å². The Kier molecular flexibility index (Phi) is 5.61. The summed E-state index contributed by atoms with van der Waals surface area (Å²) in [6.45, 7) is 8.13. The molecule has 0 aromatic heterocycles. The van der Waals surface area contributed by atoms with Crippen molar-refractivity contribution in [2.24, 2.45) is 0 Å². The third kappa shape index (κ3) is 5.17. The molecule has 1 N–H and O–H groups in total. The number of carbonyl (C=O) groups is 2. The van der Waals surface area contributed by atoms with Crippen LogP contribution in [0.5, 0.6) is 0 Å². The highest BCUT2D eigenvalue weighted by Gasteiger charge is 2.31. The van der Waals surface area contributed by atoms with Crippen LogP contribution in [0.3, 0.4) is 0 Å². The van der Waals surface area contributed by atoms with Gasteiger partial charge in [-0.05, 0) is 27.7 Å². The molecule has 0 bridgehead atoms. The molecule has 0 radical (unpaired) electrons. The van der Waals surface area contributed by atoms with Gasteiger partial charge in [-0.15, -0.1) is 0 Å². The maximum atomic E-state index is 11.9. The van der Waals surface area contributed by atoms with Gasteiger partial charge in [-0.2, -0.15) is 0 Å². The number of carboxylic acid groups (broad SMARTS) is 1. The maximum Gasteiger partial charge on any atom is 0.304 e. The van der Waals surface area contributed by atoms with Crippen LogP contribution in [0.25, 0.3) is 0 Å². The predicted octanol–water partition coefficient (Wildman–Crippen LogP) is 1.04. The lowest BCUT2D eigenvalue weighted by atomic mass is 10.0. The van der Waals surface area contributed by atoms with Gasteiger partial charge in [0.05, 0.1) is 12.5 Å². The van der Waals surface area contributed by atoms with Gasteiger partial charge in [0.2, 0.25) is 5.91 Å². The summed E-state index contributed by atoms with van der Waals surface area (Å²) < 4.78 is 0. The molecule has 0 aromatic carbocycles. The zero-order chi connectivity index (χ0) is 13.8. The standard InChI is InChI=1S/C12H24N2O3/c1-9(11(17)13(5)6)14(12(2,3)4)8-7-10(15)16/h9H,7-8H2,1-6H3,(H,15,16). The Hall–Kier alpha value is -1.10. The van der Waals surface area contributed by atoms with Crippen LogP contribution in [0.4, 0.5) is 0 Å². The van der Waals surface area contributed by atoms with Crippen molar-refractivity contribution in [1.29, 1.82) is 0 Å². The van der Waals surface area contributed by atoms with E-state index in [1.54, 1.807) is 14.1 Å². The summed E-state index contributed by atoms with van der Waals surface area (Å²) in [6.07, 6.45) is 0.0440. The topological polar surface area (TPSA) is 60.9 Å². The lowest BCUT2D eigenvalue weighted by Crippen LogP contribution is -2.53. The minimum atomic E-state index is -0.844. The van der Waals surface area contributed by atoms with Gasteiger partial charge in [0.25, 0.3) is 0 Å². The summed E-state index contributed by atoms with van der Waals surface area (Å²) in [5, 5.41) is 8.74. The first-order valence-electron chi connectivity index (χ1n) is 5.77. The second-order valence-corrected chi connectivity index (χ2v) is 5.42. The highest BCUT2D eigenvalue weighted by Crippen LogP contribution is 2.18. The number of likely N-dealkylation sites (N-methyl/N-ethyl adjacent to an activating group) is 1. The van der Waals surface area contributed by atoms with Crippen LogP contribution >= 0.6 is 0 Å². The summed E-state index contributed by atoms with van der Waals surface area (Å²) in [4.78, 5) is 26.0. The number of carbonyl (C=O) groups excluding carboxylic acids is 1. The van der Waals surface area contributed by atoms with Crippen LogP contribution in [0.15, 0.2) is 0 Å². The van der Waals surface area contributed by atoms with Crippen LogP contribution in [-0.2, 0) is 9.59 Å². The van der Waals surface area contributed by atoms with E-state index in [1.807, 2.05) is 32.6 Å². The number of carboxylic acids is 1. The molecule has 5 heteroatoms. The molecule has 0 aliphatic carbocycles. The lowest BCUT2D eigenvalue weighted by molar-refractivity contribution is -0.141. The molecular formula is C12H24N2O3. The van der Waals surface area contributed by atoms with E-state index in [4.69, 9.17) is 5.11 Å². The van der Waals surface area contributed by atoms with Crippen LogP contribution in [0, 0.1) is 0 Å². The van der Waals surface area contributed by atoms with Crippen molar-refractivity contribution in [2.45, 2.75) is 45.7 Å². The smallest absolute Gasteiger partial charge is 0.304 e. The maximum absolute atomic E-state index is 11.9. The molecule has 0 saturated heterocycles. The van der Waals surface area contributed by atoms with E-state index < -0.39 is 5.97 Å². The molecule has 0 aliphatic heterocycles. The number of hydrogen-bond acceptors (Lipinski definition) is 3. The molecule has 0 aromatic rings. The molecule has 0 heterocycles. The fraction of sp³-hybridized carbons (Fsp3) is 0.833. The van der Waals surface area contributed by atoms with Crippen molar-refractivity contribution in [3.05, 3.63) is 0 Å². The van der Waals surface area contributed by atoms with E-state index in [2.05, 4.69) is 0 Å². The SMILES string of the molecule is CC(C(=O)N(C)C)N(CCC(=O)O)C(C)(C)C. The Morgan fingerprint density at radius 1 is 1.24 bits per heavy atom. The Labute approximate surface area is 103 Å². The van der Waals surface area contributed by atoms with Crippen molar-refractivity contribution >= 4 is 11.9 Å². The van der Waals surface area contributed by atoms with E-state index >= 15 is 0 Å². The van der Waals surface area contributed by atoms with E-state index in [-0.39, 0.29) is 23.9 Å². The average molecular weight is 244 g/mol. The van der Waals surface area contributed by atoms with Crippen LogP contribution in [0.1, 0.15) is 34.1 Å². The quantitative estimate of drug-likeness (QED) is 0.785. The largest absolute Gasteiger partial charge is 0.481 e. The monoisotopic (exact) mass is 244 g/mol. The first kappa shape index (κ1) is 15.9. The molecule has 17 heavy (non-hydrogen) atoms. The second-order valence-electron chi connectivity index (χ2n) is 5.42. The van der Waals surface area contributed by atoms with Gasteiger partial charge in [0, 0.05) is 26.2 Å². The van der Waals surface area contributed by atoms with Crippen molar-refractivity contribution in [3.63, 3.8) is 0 Å². The fourth-order valence-corrected chi connectivity index (χ4v) is 1.83. The number of hydrogen-bond donors (Lipinski definition) is 1. The first-order valence-corrected chi connectivity index (χ1v) is 5.77. The Morgan fingerprint density at radius 3 is 2.00 bits per heavy atom. The van der Waals surface area contributed by atoms with E-state index in [0.29, 0.717) is 6.54 Å². The van der Waals surface area contributed by atoms with Gasteiger partial charge in [0.1, 0.15) is 0 Å². The Balaban J connectivity index is 4.80. The zero-order valence-corrected chi connectivity index (χ0v) is 11.6. The fourth-order valence-electron chi connectivity index (χ4n) is 1.83. The van der Waals surface area contributed by atoms with Crippen molar-refractivity contribution < 1.29 is 14.7 Å². The summed E-state index contributed by atoms with van der Waals surface area (Å²) >= 11 is 0. The van der Waals surface area contributed by atoms with Crippen LogP contribution < -0.4 is 0 Å². The summed E-state index contributed by atoms with van der Waals surface area (Å²) in [6, 6.07) is -0.315. The van der Waals surface area contributed by atoms with Gasteiger partial charge < -0.3 is 10.0 Å². The molecule has 5 nitrogen and oxygen atoms in total. The number of amides is 1. The molecule has 0 spiro atoms. The highest BCUT2D eigenvalue weighted by atomic mass is 16.4. The predicted molar refractivity (Wildman–Crippen MR) is 66.9 cm³/mol. The molecule has 1 atom stereocenters. The zero-order valence-electron chi connectivity index (χ0n) is 11.6. The van der Waals surface area contributed by atoms with E-state index in [1.165, 1.54) is 4.90 Å². The van der Waals surface area contributed by atoms with E-state index in [0.717, 1.165) is 0 Å². The molecule has 0 aliphatic rings. The number of rotatable bonds is 5. The highest BCUT2D eigenvalue weighted by molar-refractivity contribution is 5.81. The third-order valence-corrected chi connectivity index (χ3v) is 2.69. The van der Waals surface area contributed by atoms with Crippen LogP contribution in [0.2, 0.25) is 0 Å². The van der Waals surface area contributed by atoms with E-state index in [9.17, 15) is 9.59 Å². The van der Waals surface area contributed by atoms with Gasteiger partial charge in [-0.3, -0.25) is 14.5 Å². The van der Waals surface area contributed by atoms with Gasteiger partial charge in [-0.1, -0.05) is 0 Å². The lowest BCUT2D eigenvalue weighted by Gasteiger charge is -2.40. The first-order chi connectivity index (χ1) is 7.57. The molecule has 0 rings (SSSR count). The third-order valence-electron chi connectivity index (χ3n) is 2.69. The van der Waals surface area contributed by atoms with Crippen molar-refractivity contribution in [2.75, 3.05) is 20.6 Å². The van der Waals surface area contributed by atoms with Gasteiger partial charge >= 0.3 is 5.97 Å². The Bertz CT molecular complexity index is 282. The minimum absolute atomic E-state index is 0.00897. The Morgan fingerprint density at radius 2 is 1.71 bits per heavy atom. The van der Waals surface area contributed by atoms with Gasteiger partial charge in [0.15, 0.2) is 0 Å².